The fourth-order valence-electron chi connectivity index (χ4n) is 1.58. The monoisotopic (exact) mass is 203 g/mol. The van der Waals surface area contributed by atoms with Gasteiger partial charge in [-0.05, 0) is 6.08 Å². The number of ether oxygens (including phenoxy) is 1. The summed E-state index contributed by atoms with van der Waals surface area (Å²) in [4.78, 5) is 26.3. The number of hydrogen-bond donors (Lipinski definition) is 0. The van der Waals surface area contributed by atoms with Crippen molar-refractivity contribution in [3.05, 3.63) is 36.0 Å². The molecule has 1 amide bonds. The Labute approximate surface area is 86.6 Å². The first-order valence-electron chi connectivity index (χ1n) is 4.49. The molecule has 2 aliphatic rings. The van der Waals surface area contributed by atoms with Crippen molar-refractivity contribution in [2.75, 3.05) is 7.11 Å². The van der Waals surface area contributed by atoms with E-state index < -0.39 is 5.97 Å². The predicted molar refractivity (Wildman–Crippen MR) is 54.3 cm³/mol. The molecular weight excluding hydrogens is 194 g/mol. The molecule has 0 bridgehead atoms. The lowest BCUT2D eigenvalue weighted by Crippen LogP contribution is -2.25. The number of fused-ring (bicyclic) bond motifs is 1. The van der Waals surface area contributed by atoms with Gasteiger partial charge in [0.15, 0.2) is 0 Å². The molecule has 0 radical (unpaired) electrons. The standard InChI is InChI=1S/C11H9NO3/c1-15-11(14)8-3-2-4-9-7(8)5-6-10(13)12-9/h2-7H,1H3. The van der Waals surface area contributed by atoms with E-state index in [-0.39, 0.29) is 11.8 Å². The van der Waals surface area contributed by atoms with Gasteiger partial charge >= 0.3 is 5.97 Å². The summed E-state index contributed by atoms with van der Waals surface area (Å²) in [7, 11) is 1.33. The van der Waals surface area contributed by atoms with Gasteiger partial charge in [0.2, 0.25) is 0 Å². The second-order valence-electron chi connectivity index (χ2n) is 3.18. The van der Waals surface area contributed by atoms with Crippen LogP contribution in [0.2, 0.25) is 0 Å². The summed E-state index contributed by atoms with van der Waals surface area (Å²) in [6, 6.07) is 0. The maximum absolute atomic E-state index is 11.4. The minimum absolute atomic E-state index is 0.250. The van der Waals surface area contributed by atoms with Crippen molar-refractivity contribution >= 4 is 17.6 Å². The normalized spacial score (nSPS) is 23.0. The van der Waals surface area contributed by atoms with E-state index in [1.807, 2.05) is 0 Å². The number of carbonyl (C=O) groups excluding carboxylic acids is 2. The Kier molecular flexibility index (Phi) is 2.33. The summed E-state index contributed by atoms with van der Waals surface area (Å²) < 4.78 is 4.65. The van der Waals surface area contributed by atoms with Gasteiger partial charge in [-0.25, -0.2) is 9.79 Å². The second kappa shape index (κ2) is 3.65. The fourth-order valence-corrected chi connectivity index (χ4v) is 1.58. The van der Waals surface area contributed by atoms with Crippen LogP contribution < -0.4 is 0 Å². The van der Waals surface area contributed by atoms with Crippen molar-refractivity contribution in [3.63, 3.8) is 0 Å². The lowest BCUT2D eigenvalue weighted by atomic mass is 9.88. The number of nitrogens with zero attached hydrogens (tertiary/aromatic N) is 1. The highest BCUT2D eigenvalue weighted by atomic mass is 16.5. The third kappa shape index (κ3) is 1.66. The Hall–Kier alpha value is -1.97. The zero-order valence-electron chi connectivity index (χ0n) is 8.14. The Morgan fingerprint density at radius 2 is 2.27 bits per heavy atom. The van der Waals surface area contributed by atoms with Gasteiger partial charge in [0.1, 0.15) is 0 Å². The van der Waals surface area contributed by atoms with Crippen LogP contribution in [0.1, 0.15) is 0 Å². The first-order valence-corrected chi connectivity index (χ1v) is 4.49. The molecule has 0 aromatic heterocycles. The van der Waals surface area contributed by atoms with E-state index in [0.29, 0.717) is 11.3 Å². The number of esters is 1. The van der Waals surface area contributed by atoms with Gasteiger partial charge in [0, 0.05) is 6.08 Å². The maximum atomic E-state index is 11.4. The zero-order valence-corrected chi connectivity index (χ0v) is 8.14. The molecule has 1 unspecified atom stereocenters. The molecule has 1 atom stereocenters. The number of aliphatic imine (C=N–C) groups is 1. The van der Waals surface area contributed by atoms with Crippen molar-refractivity contribution < 1.29 is 14.3 Å². The summed E-state index contributed by atoms with van der Waals surface area (Å²) in [5, 5.41) is 0. The van der Waals surface area contributed by atoms with Gasteiger partial charge in [-0.1, -0.05) is 18.2 Å². The van der Waals surface area contributed by atoms with E-state index in [1.54, 1.807) is 24.3 Å². The van der Waals surface area contributed by atoms with E-state index in [1.165, 1.54) is 13.2 Å². The number of dihydropyridines is 1. The van der Waals surface area contributed by atoms with Crippen LogP contribution in [-0.4, -0.2) is 24.7 Å². The Morgan fingerprint density at radius 3 is 3.00 bits per heavy atom. The molecule has 0 saturated heterocycles. The molecule has 15 heavy (non-hydrogen) atoms. The molecule has 0 N–H and O–H groups in total. The van der Waals surface area contributed by atoms with Crippen LogP contribution in [-0.2, 0) is 14.3 Å². The van der Waals surface area contributed by atoms with E-state index in [9.17, 15) is 9.59 Å². The Bertz CT molecular complexity index is 441. The molecule has 76 valence electrons. The Morgan fingerprint density at radius 1 is 1.47 bits per heavy atom. The summed E-state index contributed by atoms with van der Waals surface area (Å²) in [5.74, 6) is -0.937. The van der Waals surface area contributed by atoms with Crippen LogP contribution in [0.15, 0.2) is 40.9 Å². The molecule has 0 spiro atoms. The highest BCUT2D eigenvalue weighted by Crippen LogP contribution is 2.23. The van der Waals surface area contributed by atoms with E-state index >= 15 is 0 Å². The molecule has 1 aliphatic heterocycles. The average molecular weight is 203 g/mol. The number of amides is 1. The third-order valence-electron chi connectivity index (χ3n) is 2.29. The first kappa shape index (κ1) is 9.58. The van der Waals surface area contributed by atoms with E-state index in [0.717, 1.165) is 0 Å². The van der Waals surface area contributed by atoms with Crippen LogP contribution in [0.3, 0.4) is 0 Å². The molecule has 0 saturated carbocycles. The number of carbonyl (C=O) groups is 2. The zero-order chi connectivity index (χ0) is 10.8. The topological polar surface area (TPSA) is 55.7 Å². The molecule has 0 fully saturated rings. The quantitative estimate of drug-likeness (QED) is 0.592. The number of hydrogen-bond acceptors (Lipinski definition) is 3. The fraction of sp³-hybridized carbons (Fsp3) is 0.182. The SMILES string of the molecule is COC(=O)C1=CC=CC2=NC(=O)C=CC12. The molecule has 4 nitrogen and oxygen atoms in total. The van der Waals surface area contributed by atoms with Gasteiger partial charge in [0.05, 0.1) is 24.3 Å². The van der Waals surface area contributed by atoms with E-state index in [2.05, 4.69) is 9.73 Å². The van der Waals surface area contributed by atoms with Crippen LogP contribution in [0.5, 0.6) is 0 Å². The van der Waals surface area contributed by atoms with Crippen LogP contribution in [0.4, 0.5) is 0 Å². The number of rotatable bonds is 1. The first-order chi connectivity index (χ1) is 7.22. The van der Waals surface area contributed by atoms with Crippen LogP contribution >= 0.6 is 0 Å². The van der Waals surface area contributed by atoms with Crippen molar-refractivity contribution in [1.82, 2.24) is 0 Å². The molecule has 0 aromatic rings. The molecule has 2 rings (SSSR count). The van der Waals surface area contributed by atoms with Crippen molar-refractivity contribution in [2.24, 2.45) is 10.9 Å². The van der Waals surface area contributed by atoms with Gasteiger partial charge in [0.25, 0.3) is 5.91 Å². The maximum Gasteiger partial charge on any atom is 0.334 e. The average Bonchev–Trinajstić information content (AvgIpc) is 2.26. The summed E-state index contributed by atoms with van der Waals surface area (Å²) in [5.41, 5.74) is 1.09. The minimum atomic E-state index is -0.393. The molecule has 1 heterocycles. The Balaban J connectivity index is 2.37. The highest BCUT2D eigenvalue weighted by Gasteiger charge is 2.27. The summed E-state index contributed by atoms with van der Waals surface area (Å²) in [6.07, 6.45) is 8.11. The smallest absolute Gasteiger partial charge is 0.334 e. The van der Waals surface area contributed by atoms with Gasteiger partial charge in [-0.3, -0.25) is 4.79 Å². The van der Waals surface area contributed by atoms with Crippen molar-refractivity contribution in [2.45, 2.75) is 0 Å². The second-order valence-corrected chi connectivity index (χ2v) is 3.18. The lowest BCUT2D eigenvalue weighted by Gasteiger charge is -2.19. The minimum Gasteiger partial charge on any atom is -0.466 e. The van der Waals surface area contributed by atoms with Crippen LogP contribution in [0, 0.1) is 5.92 Å². The number of methoxy groups -OCH3 is 1. The van der Waals surface area contributed by atoms with Crippen molar-refractivity contribution in [1.29, 1.82) is 0 Å². The highest BCUT2D eigenvalue weighted by molar-refractivity contribution is 6.15. The summed E-state index contributed by atoms with van der Waals surface area (Å²) in [6.45, 7) is 0. The van der Waals surface area contributed by atoms with Gasteiger partial charge in [-0.15, -0.1) is 0 Å². The van der Waals surface area contributed by atoms with Gasteiger partial charge in [-0.2, -0.15) is 0 Å². The van der Waals surface area contributed by atoms with Gasteiger partial charge < -0.3 is 4.74 Å². The van der Waals surface area contributed by atoms with Crippen LogP contribution in [0.25, 0.3) is 0 Å². The van der Waals surface area contributed by atoms with Crippen molar-refractivity contribution in [3.8, 4) is 0 Å². The molecular formula is C11H9NO3. The molecule has 0 aromatic carbocycles. The number of allylic oxidation sites excluding steroid dienone is 4. The molecule has 1 aliphatic carbocycles. The lowest BCUT2D eigenvalue weighted by molar-refractivity contribution is -0.136. The largest absolute Gasteiger partial charge is 0.466 e. The predicted octanol–water partition coefficient (Wildman–Crippen LogP) is 0.809. The molecule has 4 heteroatoms. The third-order valence-corrected chi connectivity index (χ3v) is 2.29. The summed E-state index contributed by atoms with van der Waals surface area (Å²) >= 11 is 0. The van der Waals surface area contributed by atoms with E-state index in [4.69, 9.17) is 0 Å².